The van der Waals surface area contributed by atoms with Crippen LogP contribution >= 0.6 is 0 Å². The Morgan fingerprint density at radius 1 is 1.08 bits per heavy atom. The maximum absolute atomic E-state index is 14.2. The summed E-state index contributed by atoms with van der Waals surface area (Å²) < 4.78 is 18.8. The number of fused-ring (bicyclic) bond motifs is 3. The number of ether oxygens (including phenoxy) is 1. The molecule has 36 heavy (non-hydrogen) atoms. The first-order valence-electron chi connectivity index (χ1n) is 13.1. The van der Waals surface area contributed by atoms with Crippen molar-refractivity contribution in [2.75, 3.05) is 4.90 Å². The predicted molar refractivity (Wildman–Crippen MR) is 144 cm³/mol. The van der Waals surface area contributed by atoms with E-state index in [0.29, 0.717) is 6.42 Å². The van der Waals surface area contributed by atoms with Crippen LogP contribution < -0.4 is 10.4 Å². The molecule has 6 nitrogen and oxygen atoms in total. The van der Waals surface area contributed by atoms with Gasteiger partial charge in [-0.2, -0.15) is 0 Å². The summed E-state index contributed by atoms with van der Waals surface area (Å²) in [5.74, 6) is -0.0360. The van der Waals surface area contributed by atoms with Crippen molar-refractivity contribution in [1.82, 2.24) is 0 Å². The quantitative estimate of drug-likeness (QED) is 0.415. The number of hydrogen-bond donors (Lipinski definition) is 0. The maximum atomic E-state index is 14.2. The molecule has 2 heterocycles. The van der Waals surface area contributed by atoms with Crippen molar-refractivity contribution in [3.63, 3.8) is 0 Å². The van der Waals surface area contributed by atoms with Crippen molar-refractivity contribution in [3.05, 3.63) is 35.4 Å². The predicted octanol–water partition coefficient (Wildman–Crippen LogP) is 5.41. The smallest absolute Gasteiger partial charge is 0.443 e. The van der Waals surface area contributed by atoms with E-state index in [9.17, 15) is 9.59 Å². The van der Waals surface area contributed by atoms with E-state index < -0.39 is 41.0 Å². The highest BCUT2D eigenvalue weighted by Gasteiger charge is 2.58. The van der Waals surface area contributed by atoms with Gasteiger partial charge in [0.25, 0.3) is 0 Å². The minimum atomic E-state index is -1.09. The second kappa shape index (κ2) is 8.19. The number of anilines is 1. The van der Waals surface area contributed by atoms with E-state index in [4.69, 9.17) is 14.0 Å². The Bertz CT molecular complexity index is 1110. The second-order valence-electron chi connectivity index (χ2n) is 13.3. The lowest BCUT2D eigenvalue weighted by atomic mass is 9.62. The van der Waals surface area contributed by atoms with Gasteiger partial charge in [-0.3, -0.25) is 9.69 Å². The Morgan fingerprint density at radius 2 is 1.64 bits per heavy atom. The summed E-state index contributed by atoms with van der Waals surface area (Å²) in [5.41, 5.74) is 1.26. The molecule has 1 atom stereocenters. The molecule has 1 aromatic rings. The molecule has 0 aromatic heterocycles. The molecule has 0 saturated carbocycles. The van der Waals surface area contributed by atoms with Crippen molar-refractivity contribution < 1.29 is 23.6 Å². The molecule has 4 rings (SSSR count). The molecular weight excluding hydrogens is 453 g/mol. The largest absolute Gasteiger partial charge is 0.495 e. The lowest BCUT2D eigenvalue weighted by Gasteiger charge is -2.50. The zero-order valence-corrected chi connectivity index (χ0v) is 23.8. The number of Topliss-reactive ketones (excluding diaryl/α,β-unsaturated/α-hetero) is 1. The van der Waals surface area contributed by atoms with Gasteiger partial charge < -0.3 is 14.0 Å². The summed E-state index contributed by atoms with van der Waals surface area (Å²) in [6.07, 6.45) is 4.41. The lowest BCUT2D eigenvalue weighted by Crippen LogP contribution is -2.64. The number of benzene rings is 1. The molecular formula is C29H42BNO5. The van der Waals surface area contributed by atoms with Crippen molar-refractivity contribution >= 4 is 30.1 Å². The molecule has 1 aromatic carbocycles. The van der Waals surface area contributed by atoms with E-state index in [0.717, 1.165) is 47.1 Å². The minimum Gasteiger partial charge on any atom is -0.443 e. The Labute approximate surface area is 216 Å². The van der Waals surface area contributed by atoms with Crippen LogP contribution in [0.15, 0.2) is 18.7 Å². The average molecular weight is 495 g/mol. The standard InChI is InChI=1S/C29H42BNO5/c1-12-16-29(11)20-17-21(30-35-27(7,8)28(9,10)36-30)18-14-13-15-19(18)22(20)31(26(5,6)23(29)32)24(33)34-25(2,3)4/h12,17H,1,13-16H2,2-11H3. The monoisotopic (exact) mass is 495 g/mol. The Balaban J connectivity index is 2.00. The van der Waals surface area contributed by atoms with Gasteiger partial charge in [0, 0.05) is 0 Å². The number of carbonyl (C=O) groups excluding carboxylic acids is 2. The zero-order valence-electron chi connectivity index (χ0n) is 23.8. The summed E-state index contributed by atoms with van der Waals surface area (Å²) in [5, 5.41) is 0. The number of hydrogen-bond acceptors (Lipinski definition) is 5. The highest BCUT2D eigenvalue weighted by Crippen LogP contribution is 2.51. The minimum absolute atomic E-state index is 0.0360. The molecule has 1 amide bonds. The SMILES string of the molecule is C=CCC1(C)C(=O)C(C)(C)N(C(=O)OC(C)(C)C)c2c1cc(B1OC(C)(C)C(C)(C)O1)c1c2CCC1. The van der Waals surface area contributed by atoms with E-state index in [1.807, 2.05) is 69.2 Å². The van der Waals surface area contributed by atoms with Crippen LogP contribution in [0.1, 0.15) is 98.8 Å². The maximum Gasteiger partial charge on any atom is 0.495 e. The van der Waals surface area contributed by atoms with Gasteiger partial charge in [-0.25, -0.2) is 4.79 Å². The van der Waals surface area contributed by atoms with Gasteiger partial charge in [-0.15, -0.1) is 6.58 Å². The van der Waals surface area contributed by atoms with Gasteiger partial charge in [0.1, 0.15) is 11.1 Å². The van der Waals surface area contributed by atoms with E-state index in [1.165, 1.54) is 0 Å². The highest BCUT2D eigenvalue weighted by molar-refractivity contribution is 6.63. The van der Waals surface area contributed by atoms with Crippen LogP contribution in [0, 0.1) is 0 Å². The fourth-order valence-electron chi connectivity index (χ4n) is 5.95. The third-order valence-electron chi connectivity index (χ3n) is 8.48. The first kappa shape index (κ1) is 26.9. The number of nitrogens with zero attached hydrogens (tertiary/aromatic N) is 1. The molecule has 2 aliphatic heterocycles. The molecule has 1 fully saturated rings. The lowest BCUT2D eigenvalue weighted by molar-refractivity contribution is -0.129. The summed E-state index contributed by atoms with van der Waals surface area (Å²) in [6.45, 7) is 23.3. The van der Waals surface area contributed by atoms with Crippen LogP contribution in [0.25, 0.3) is 0 Å². The van der Waals surface area contributed by atoms with E-state index in [1.54, 1.807) is 11.0 Å². The van der Waals surface area contributed by atoms with Gasteiger partial charge in [-0.05, 0) is 117 Å². The second-order valence-corrected chi connectivity index (χ2v) is 13.3. The number of amides is 1. The topological polar surface area (TPSA) is 65.1 Å². The molecule has 0 spiro atoms. The first-order chi connectivity index (χ1) is 16.4. The summed E-state index contributed by atoms with van der Waals surface area (Å²) in [4.78, 5) is 29.5. The molecule has 1 aliphatic carbocycles. The molecule has 7 heteroatoms. The van der Waals surface area contributed by atoms with E-state index >= 15 is 0 Å². The normalized spacial score (nSPS) is 26.0. The van der Waals surface area contributed by atoms with E-state index in [2.05, 4.69) is 12.6 Å². The van der Waals surface area contributed by atoms with Crippen molar-refractivity contribution in [1.29, 1.82) is 0 Å². The van der Waals surface area contributed by atoms with Gasteiger partial charge in [0.2, 0.25) is 0 Å². The number of allylic oxidation sites excluding steroid dienone is 1. The molecule has 0 bridgehead atoms. The first-order valence-corrected chi connectivity index (χ1v) is 13.1. The van der Waals surface area contributed by atoms with Crippen molar-refractivity contribution in [2.45, 2.75) is 123 Å². The van der Waals surface area contributed by atoms with Crippen LogP contribution in [0.2, 0.25) is 0 Å². The van der Waals surface area contributed by atoms with Crippen molar-refractivity contribution in [2.24, 2.45) is 0 Å². The molecule has 1 unspecified atom stereocenters. The Kier molecular flexibility index (Phi) is 6.13. The Hall–Kier alpha value is -2.12. The molecule has 0 N–H and O–H groups in total. The number of ketones is 1. The Morgan fingerprint density at radius 3 is 2.17 bits per heavy atom. The van der Waals surface area contributed by atoms with Crippen LogP contribution in [0.3, 0.4) is 0 Å². The molecule has 0 radical (unpaired) electrons. The molecule has 1 saturated heterocycles. The van der Waals surface area contributed by atoms with E-state index in [-0.39, 0.29) is 5.78 Å². The summed E-state index contributed by atoms with van der Waals surface area (Å²) in [6, 6.07) is 2.07. The molecule has 196 valence electrons. The third kappa shape index (κ3) is 3.94. The number of carbonyl (C=O) groups is 2. The van der Waals surface area contributed by atoms with Gasteiger partial charge in [0.05, 0.1) is 22.3 Å². The summed E-state index contributed by atoms with van der Waals surface area (Å²) in [7, 11) is -0.542. The highest BCUT2D eigenvalue weighted by atomic mass is 16.7. The van der Waals surface area contributed by atoms with Crippen molar-refractivity contribution in [3.8, 4) is 0 Å². The third-order valence-corrected chi connectivity index (χ3v) is 8.48. The number of rotatable bonds is 3. The van der Waals surface area contributed by atoms with Crippen LogP contribution in [-0.4, -0.2) is 41.3 Å². The average Bonchev–Trinajstić information content (AvgIpc) is 3.27. The van der Waals surface area contributed by atoms with Gasteiger partial charge >= 0.3 is 13.2 Å². The van der Waals surface area contributed by atoms with Crippen LogP contribution in [0.4, 0.5) is 10.5 Å². The van der Waals surface area contributed by atoms with Gasteiger partial charge in [0.15, 0.2) is 5.78 Å². The summed E-state index contributed by atoms with van der Waals surface area (Å²) >= 11 is 0. The fourth-order valence-corrected chi connectivity index (χ4v) is 5.95. The van der Waals surface area contributed by atoms with Crippen LogP contribution in [0.5, 0.6) is 0 Å². The van der Waals surface area contributed by atoms with Gasteiger partial charge in [-0.1, -0.05) is 12.1 Å². The molecule has 3 aliphatic rings. The fraction of sp³-hybridized carbons (Fsp3) is 0.655. The van der Waals surface area contributed by atoms with Crippen LogP contribution in [-0.2, 0) is 37.1 Å². The zero-order chi connectivity index (χ0) is 27.1.